The Labute approximate surface area is 143 Å². The van der Waals surface area contributed by atoms with Crippen LogP contribution < -0.4 is 5.32 Å². The van der Waals surface area contributed by atoms with E-state index >= 15 is 0 Å². The van der Waals surface area contributed by atoms with Gasteiger partial charge >= 0.3 is 0 Å². The van der Waals surface area contributed by atoms with Gasteiger partial charge in [0.05, 0.1) is 6.42 Å². The summed E-state index contributed by atoms with van der Waals surface area (Å²) >= 11 is 5.85. The van der Waals surface area contributed by atoms with Gasteiger partial charge in [0.25, 0.3) is 0 Å². The molecule has 1 aliphatic rings. The number of halogens is 1. The zero-order valence-electron chi connectivity index (χ0n) is 13.8. The van der Waals surface area contributed by atoms with Crippen LogP contribution in [0.4, 0.5) is 0 Å². The van der Waals surface area contributed by atoms with E-state index in [0.717, 1.165) is 31.5 Å². The molecule has 2 amide bonds. The monoisotopic (exact) mass is 336 g/mol. The lowest BCUT2D eigenvalue weighted by Gasteiger charge is -2.25. The van der Waals surface area contributed by atoms with E-state index in [1.807, 2.05) is 17.0 Å². The summed E-state index contributed by atoms with van der Waals surface area (Å²) in [6.45, 7) is 5.74. The molecule has 1 atom stereocenters. The Balaban J connectivity index is 1.96. The first-order valence-electron chi connectivity index (χ1n) is 8.28. The molecule has 4 nitrogen and oxygen atoms in total. The first-order valence-corrected chi connectivity index (χ1v) is 8.66. The predicted molar refractivity (Wildman–Crippen MR) is 92.4 cm³/mol. The topological polar surface area (TPSA) is 49.4 Å². The van der Waals surface area contributed by atoms with Gasteiger partial charge in [-0.05, 0) is 42.9 Å². The molecule has 126 valence electrons. The number of nitrogens with one attached hydrogen (secondary N) is 1. The van der Waals surface area contributed by atoms with Crippen LogP contribution >= 0.6 is 11.6 Å². The van der Waals surface area contributed by atoms with E-state index in [1.54, 1.807) is 12.1 Å². The molecule has 0 saturated carbocycles. The Hall–Kier alpha value is -1.55. The van der Waals surface area contributed by atoms with Crippen molar-refractivity contribution < 1.29 is 9.59 Å². The second-order valence-electron chi connectivity index (χ2n) is 6.59. The lowest BCUT2D eigenvalue weighted by molar-refractivity contribution is -0.135. The summed E-state index contributed by atoms with van der Waals surface area (Å²) in [5.41, 5.74) is 0.892. The summed E-state index contributed by atoms with van der Waals surface area (Å²) in [5, 5.41) is 3.57. The molecule has 0 radical (unpaired) electrons. The molecule has 0 unspecified atom stereocenters. The third-order valence-corrected chi connectivity index (χ3v) is 4.29. The molecule has 1 heterocycles. The molecule has 2 rings (SSSR count). The summed E-state index contributed by atoms with van der Waals surface area (Å²) in [6.07, 6.45) is 3.04. The predicted octanol–water partition coefficient (Wildman–Crippen LogP) is 3.04. The minimum Gasteiger partial charge on any atom is -0.344 e. The molecule has 1 aromatic rings. The van der Waals surface area contributed by atoms with E-state index in [2.05, 4.69) is 19.2 Å². The molecule has 0 aliphatic carbocycles. The van der Waals surface area contributed by atoms with E-state index in [1.165, 1.54) is 0 Å². The number of hydrogen-bond acceptors (Lipinski definition) is 2. The number of benzene rings is 1. The fraction of sp³-hybridized carbons (Fsp3) is 0.556. The largest absolute Gasteiger partial charge is 0.344 e. The van der Waals surface area contributed by atoms with Gasteiger partial charge in [0.15, 0.2) is 0 Å². The van der Waals surface area contributed by atoms with Crippen molar-refractivity contribution >= 4 is 23.4 Å². The first kappa shape index (κ1) is 17.8. The molecule has 23 heavy (non-hydrogen) atoms. The molecule has 1 fully saturated rings. The highest BCUT2D eigenvalue weighted by molar-refractivity contribution is 6.30. The molecular formula is C18H25ClN2O2. The number of carbonyl (C=O) groups excluding carboxylic acids is 2. The van der Waals surface area contributed by atoms with Crippen molar-refractivity contribution in [1.29, 1.82) is 0 Å². The van der Waals surface area contributed by atoms with Crippen LogP contribution in [0, 0.1) is 5.92 Å². The van der Waals surface area contributed by atoms with Crippen molar-refractivity contribution in [2.45, 2.75) is 45.6 Å². The highest BCUT2D eigenvalue weighted by Crippen LogP contribution is 2.14. The van der Waals surface area contributed by atoms with Crippen molar-refractivity contribution in [1.82, 2.24) is 10.2 Å². The average Bonchev–Trinajstić information content (AvgIpc) is 3.02. The second kappa shape index (κ2) is 8.34. The second-order valence-corrected chi connectivity index (χ2v) is 7.02. The molecular weight excluding hydrogens is 312 g/mol. The zero-order chi connectivity index (χ0) is 16.8. The number of nitrogens with zero attached hydrogens (tertiary/aromatic N) is 1. The number of rotatable bonds is 6. The van der Waals surface area contributed by atoms with Gasteiger partial charge in [-0.15, -0.1) is 0 Å². The van der Waals surface area contributed by atoms with Crippen LogP contribution in [0.25, 0.3) is 0 Å². The normalized spacial score (nSPS) is 15.7. The Kier molecular flexibility index (Phi) is 6.46. The van der Waals surface area contributed by atoms with E-state index in [9.17, 15) is 9.59 Å². The van der Waals surface area contributed by atoms with Crippen LogP contribution in [0.5, 0.6) is 0 Å². The molecule has 5 heteroatoms. The van der Waals surface area contributed by atoms with Crippen LogP contribution in [0.15, 0.2) is 24.3 Å². The summed E-state index contributed by atoms with van der Waals surface area (Å²) in [4.78, 5) is 26.8. The number of hydrogen-bond donors (Lipinski definition) is 1. The molecule has 0 bridgehead atoms. The summed E-state index contributed by atoms with van der Waals surface area (Å²) in [6, 6.07) is 6.78. The summed E-state index contributed by atoms with van der Waals surface area (Å²) < 4.78 is 0. The van der Waals surface area contributed by atoms with Crippen LogP contribution in [0.3, 0.4) is 0 Å². The van der Waals surface area contributed by atoms with Gasteiger partial charge in [0, 0.05) is 18.1 Å². The van der Waals surface area contributed by atoms with E-state index in [-0.39, 0.29) is 18.2 Å². The third kappa shape index (κ3) is 5.54. The minimum atomic E-state index is -0.423. The lowest BCUT2D eigenvalue weighted by atomic mass is 10.0. The fourth-order valence-electron chi connectivity index (χ4n) is 2.88. The average molecular weight is 337 g/mol. The summed E-state index contributed by atoms with van der Waals surface area (Å²) in [5.74, 6) is 0.286. The zero-order valence-corrected chi connectivity index (χ0v) is 14.6. The van der Waals surface area contributed by atoms with Gasteiger partial charge in [-0.3, -0.25) is 9.59 Å². The van der Waals surface area contributed by atoms with E-state index in [4.69, 9.17) is 11.6 Å². The van der Waals surface area contributed by atoms with Crippen LogP contribution in [-0.2, 0) is 16.0 Å². The maximum absolute atomic E-state index is 12.6. The van der Waals surface area contributed by atoms with Crippen molar-refractivity contribution in [3.63, 3.8) is 0 Å². The number of amides is 2. The van der Waals surface area contributed by atoms with Gasteiger partial charge in [0.2, 0.25) is 11.8 Å². The van der Waals surface area contributed by atoms with E-state index < -0.39 is 6.04 Å². The lowest BCUT2D eigenvalue weighted by Crippen LogP contribution is -2.48. The molecule has 0 aromatic heterocycles. The Morgan fingerprint density at radius 3 is 2.35 bits per heavy atom. The first-order chi connectivity index (χ1) is 11.0. The van der Waals surface area contributed by atoms with Gasteiger partial charge in [-0.25, -0.2) is 0 Å². The molecule has 1 aliphatic heterocycles. The Morgan fingerprint density at radius 2 is 1.78 bits per heavy atom. The quantitative estimate of drug-likeness (QED) is 0.868. The van der Waals surface area contributed by atoms with Crippen molar-refractivity contribution in [3.8, 4) is 0 Å². The fourth-order valence-corrected chi connectivity index (χ4v) is 3.01. The van der Waals surface area contributed by atoms with Crippen molar-refractivity contribution in [2.24, 2.45) is 5.92 Å². The highest BCUT2D eigenvalue weighted by Gasteiger charge is 2.28. The maximum atomic E-state index is 12.6. The van der Waals surface area contributed by atoms with Crippen LogP contribution in [0.1, 0.15) is 38.7 Å². The number of carbonyl (C=O) groups is 2. The minimum absolute atomic E-state index is 0.0562. The smallest absolute Gasteiger partial charge is 0.245 e. The van der Waals surface area contributed by atoms with Gasteiger partial charge in [-0.2, -0.15) is 0 Å². The van der Waals surface area contributed by atoms with Crippen molar-refractivity contribution in [2.75, 3.05) is 13.1 Å². The van der Waals surface area contributed by atoms with Crippen molar-refractivity contribution in [3.05, 3.63) is 34.9 Å². The van der Waals surface area contributed by atoms with Crippen LogP contribution in [-0.4, -0.2) is 35.8 Å². The van der Waals surface area contributed by atoms with E-state index in [0.29, 0.717) is 17.4 Å². The molecule has 0 spiro atoms. The molecule has 1 N–H and O–H groups in total. The molecule has 1 saturated heterocycles. The van der Waals surface area contributed by atoms with Gasteiger partial charge in [0.1, 0.15) is 6.04 Å². The standard InChI is InChI=1S/C18H25ClN2O2/c1-13(2)11-16(18(23)21-9-3-4-10-21)20-17(22)12-14-5-7-15(19)8-6-14/h5-8,13,16H,3-4,9-12H2,1-2H3,(H,20,22)/t16-/m1/s1. The van der Waals surface area contributed by atoms with Gasteiger partial charge in [-0.1, -0.05) is 37.6 Å². The highest BCUT2D eigenvalue weighted by atomic mass is 35.5. The molecule has 1 aromatic carbocycles. The third-order valence-electron chi connectivity index (χ3n) is 4.04. The SMILES string of the molecule is CC(C)C[C@@H](NC(=O)Cc1ccc(Cl)cc1)C(=O)N1CCCC1. The van der Waals surface area contributed by atoms with Crippen LogP contribution in [0.2, 0.25) is 5.02 Å². The Bertz CT molecular complexity index is 536. The maximum Gasteiger partial charge on any atom is 0.245 e. The Morgan fingerprint density at radius 1 is 1.17 bits per heavy atom. The van der Waals surface area contributed by atoms with Gasteiger partial charge < -0.3 is 10.2 Å². The summed E-state index contributed by atoms with van der Waals surface area (Å²) in [7, 11) is 0. The number of likely N-dealkylation sites (tertiary alicyclic amines) is 1.